The van der Waals surface area contributed by atoms with Crippen LogP contribution in [0.25, 0.3) is 11.5 Å². The van der Waals surface area contributed by atoms with Crippen molar-refractivity contribution in [1.82, 2.24) is 10.1 Å². The standard InChI is InChI=1S/C12H14N2O/c1-7-5-8(2)11(9(3)6-7)12-13-10(4)14-15-12/h5-6H,1-4H3. The molecule has 0 aliphatic rings. The monoisotopic (exact) mass is 202 g/mol. The molecule has 0 amide bonds. The van der Waals surface area contributed by atoms with E-state index in [2.05, 4.69) is 43.0 Å². The van der Waals surface area contributed by atoms with Gasteiger partial charge in [0.25, 0.3) is 5.89 Å². The summed E-state index contributed by atoms with van der Waals surface area (Å²) in [6, 6.07) is 4.25. The molecule has 1 aromatic heterocycles. The quantitative estimate of drug-likeness (QED) is 0.713. The molecule has 0 N–H and O–H groups in total. The Bertz CT molecular complexity index is 477. The van der Waals surface area contributed by atoms with Gasteiger partial charge in [-0.2, -0.15) is 4.98 Å². The molecular formula is C12H14N2O. The molecule has 0 bridgehead atoms. The molecule has 3 nitrogen and oxygen atoms in total. The Hall–Kier alpha value is -1.64. The summed E-state index contributed by atoms with van der Waals surface area (Å²) in [5.41, 5.74) is 4.67. The molecule has 3 heteroatoms. The van der Waals surface area contributed by atoms with Crippen molar-refractivity contribution in [3.63, 3.8) is 0 Å². The van der Waals surface area contributed by atoms with E-state index in [0.717, 1.165) is 5.56 Å². The van der Waals surface area contributed by atoms with Gasteiger partial charge in [0.2, 0.25) is 0 Å². The van der Waals surface area contributed by atoms with Crippen LogP contribution in [0.15, 0.2) is 16.7 Å². The summed E-state index contributed by atoms with van der Waals surface area (Å²) in [6.45, 7) is 8.04. The minimum absolute atomic E-state index is 0.613. The summed E-state index contributed by atoms with van der Waals surface area (Å²) < 4.78 is 5.19. The lowest BCUT2D eigenvalue weighted by atomic mass is 10.00. The van der Waals surface area contributed by atoms with Crippen LogP contribution in [0.1, 0.15) is 22.5 Å². The van der Waals surface area contributed by atoms with E-state index in [1.54, 1.807) is 0 Å². The smallest absolute Gasteiger partial charge is 0.258 e. The van der Waals surface area contributed by atoms with Crippen molar-refractivity contribution in [1.29, 1.82) is 0 Å². The first-order chi connectivity index (χ1) is 7.08. The maximum Gasteiger partial charge on any atom is 0.258 e. The van der Waals surface area contributed by atoms with Crippen molar-refractivity contribution in [2.24, 2.45) is 0 Å². The Morgan fingerprint density at radius 3 is 2.07 bits per heavy atom. The fourth-order valence-corrected chi connectivity index (χ4v) is 1.92. The van der Waals surface area contributed by atoms with E-state index in [-0.39, 0.29) is 0 Å². The van der Waals surface area contributed by atoms with Crippen molar-refractivity contribution in [2.45, 2.75) is 27.7 Å². The van der Waals surface area contributed by atoms with Crippen LogP contribution < -0.4 is 0 Å². The first-order valence-electron chi connectivity index (χ1n) is 4.96. The minimum atomic E-state index is 0.613. The molecule has 78 valence electrons. The molecule has 0 aliphatic carbocycles. The van der Waals surface area contributed by atoms with E-state index in [1.807, 2.05) is 6.92 Å². The summed E-state index contributed by atoms with van der Waals surface area (Å²) in [5.74, 6) is 1.28. The number of rotatable bonds is 1. The highest BCUT2D eigenvalue weighted by molar-refractivity contribution is 5.63. The molecule has 1 aromatic carbocycles. The normalized spacial score (nSPS) is 10.7. The van der Waals surface area contributed by atoms with Crippen LogP contribution in [0.2, 0.25) is 0 Å². The molecule has 0 saturated carbocycles. The molecular weight excluding hydrogens is 188 g/mol. The second-order valence-electron chi connectivity index (χ2n) is 3.92. The molecule has 0 radical (unpaired) electrons. The Kier molecular flexibility index (Phi) is 2.31. The van der Waals surface area contributed by atoms with E-state index in [4.69, 9.17) is 4.52 Å². The topological polar surface area (TPSA) is 38.9 Å². The lowest BCUT2D eigenvalue weighted by Crippen LogP contribution is -1.90. The van der Waals surface area contributed by atoms with Gasteiger partial charge in [0.05, 0.1) is 0 Å². The largest absolute Gasteiger partial charge is 0.334 e. The van der Waals surface area contributed by atoms with Crippen LogP contribution in [0.3, 0.4) is 0 Å². The van der Waals surface area contributed by atoms with Crippen molar-refractivity contribution in [3.8, 4) is 11.5 Å². The zero-order valence-electron chi connectivity index (χ0n) is 9.46. The molecule has 0 unspecified atom stereocenters. The zero-order valence-corrected chi connectivity index (χ0v) is 9.46. The summed E-state index contributed by atoms with van der Waals surface area (Å²) in [7, 11) is 0. The third-order valence-electron chi connectivity index (χ3n) is 2.42. The van der Waals surface area contributed by atoms with Crippen LogP contribution in [-0.4, -0.2) is 10.1 Å². The molecule has 2 aromatic rings. The van der Waals surface area contributed by atoms with E-state index >= 15 is 0 Å². The molecule has 0 fully saturated rings. The number of aromatic nitrogens is 2. The number of hydrogen-bond donors (Lipinski definition) is 0. The molecule has 0 aliphatic heterocycles. The predicted molar refractivity (Wildman–Crippen MR) is 58.7 cm³/mol. The average Bonchev–Trinajstić information content (AvgIpc) is 2.49. The van der Waals surface area contributed by atoms with Crippen molar-refractivity contribution < 1.29 is 4.52 Å². The van der Waals surface area contributed by atoms with Crippen LogP contribution in [-0.2, 0) is 0 Å². The SMILES string of the molecule is Cc1cc(C)c(-c2nc(C)no2)c(C)c1. The van der Waals surface area contributed by atoms with Gasteiger partial charge in [0, 0.05) is 5.56 Å². The van der Waals surface area contributed by atoms with Gasteiger partial charge in [0.1, 0.15) is 0 Å². The second-order valence-corrected chi connectivity index (χ2v) is 3.92. The highest BCUT2D eigenvalue weighted by atomic mass is 16.5. The molecule has 15 heavy (non-hydrogen) atoms. The number of benzene rings is 1. The summed E-state index contributed by atoms with van der Waals surface area (Å²) in [6.07, 6.45) is 0. The third kappa shape index (κ3) is 1.77. The van der Waals surface area contributed by atoms with Crippen LogP contribution >= 0.6 is 0 Å². The predicted octanol–water partition coefficient (Wildman–Crippen LogP) is 2.97. The lowest BCUT2D eigenvalue weighted by molar-refractivity contribution is 0.425. The molecule has 0 atom stereocenters. The first-order valence-corrected chi connectivity index (χ1v) is 4.96. The Balaban J connectivity index is 2.62. The van der Waals surface area contributed by atoms with Gasteiger partial charge < -0.3 is 4.52 Å². The summed E-state index contributed by atoms with van der Waals surface area (Å²) >= 11 is 0. The zero-order chi connectivity index (χ0) is 11.0. The molecule has 0 saturated heterocycles. The summed E-state index contributed by atoms with van der Waals surface area (Å²) in [5, 5.41) is 3.81. The maximum absolute atomic E-state index is 5.19. The first kappa shape index (κ1) is 9.90. The van der Waals surface area contributed by atoms with Gasteiger partial charge >= 0.3 is 0 Å². The Labute approximate surface area is 89.1 Å². The van der Waals surface area contributed by atoms with Crippen molar-refractivity contribution in [2.75, 3.05) is 0 Å². The Morgan fingerprint density at radius 1 is 1.00 bits per heavy atom. The third-order valence-corrected chi connectivity index (χ3v) is 2.42. The molecule has 1 heterocycles. The van der Waals surface area contributed by atoms with E-state index in [1.165, 1.54) is 16.7 Å². The fraction of sp³-hybridized carbons (Fsp3) is 0.333. The van der Waals surface area contributed by atoms with Crippen LogP contribution in [0.5, 0.6) is 0 Å². The van der Waals surface area contributed by atoms with Gasteiger partial charge in [-0.25, -0.2) is 0 Å². The van der Waals surface area contributed by atoms with E-state index < -0.39 is 0 Å². The van der Waals surface area contributed by atoms with Crippen molar-refractivity contribution >= 4 is 0 Å². The number of aryl methyl sites for hydroxylation is 4. The van der Waals surface area contributed by atoms with E-state index in [9.17, 15) is 0 Å². The van der Waals surface area contributed by atoms with Crippen molar-refractivity contribution in [3.05, 3.63) is 34.6 Å². The minimum Gasteiger partial charge on any atom is -0.334 e. The molecule has 2 rings (SSSR count). The van der Waals surface area contributed by atoms with E-state index in [0.29, 0.717) is 11.7 Å². The average molecular weight is 202 g/mol. The lowest BCUT2D eigenvalue weighted by Gasteiger charge is -2.06. The van der Waals surface area contributed by atoms with Gasteiger partial charge in [0.15, 0.2) is 5.82 Å². The highest BCUT2D eigenvalue weighted by Gasteiger charge is 2.12. The highest BCUT2D eigenvalue weighted by Crippen LogP contribution is 2.26. The van der Waals surface area contributed by atoms with Gasteiger partial charge in [-0.15, -0.1) is 0 Å². The fourth-order valence-electron chi connectivity index (χ4n) is 1.92. The van der Waals surface area contributed by atoms with Crippen LogP contribution in [0, 0.1) is 27.7 Å². The van der Waals surface area contributed by atoms with Crippen LogP contribution in [0.4, 0.5) is 0 Å². The molecule has 0 spiro atoms. The Morgan fingerprint density at radius 2 is 1.60 bits per heavy atom. The summed E-state index contributed by atoms with van der Waals surface area (Å²) in [4.78, 5) is 4.25. The number of hydrogen-bond acceptors (Lipinski definition) is 3. The second kappa shape index (κ2) is 3.50. The number of nitrogens with zero attached hydrogens (tertiary/aromatic N) is 2. The van der Waals surface area contributed by atoms with Gasteiger partial charge in [-0.3, -0.25) is 0 Å². The van der Waals surface area contributed by atoms with Gasteiger partial charge in [-0.05, 0) is 38.8 Å². The maximum atomic E-state index is 5.19. The van der Waals surface area contributed by atoms with Gasteiger partial charge in [-0.1, -0.05) is 22.9 Å².